The van der Waals surface area contributed by atoms with Crippen molar-refractivity contribution in [1.29, 1.82) is 0 Å². The van der Waals surface area contributed by atoms with Crippen LogP contribution in [-0.4, -0.2) is 34.1 Å². The van der Waals surface area contributed by atoms with E-state index in [1.807, 2.05) is 24.6 Å². The van der Waals surface area contributed by atoms with Gasteiger partial charge in [0, 0.05) is 12.5 Å². The fraction of sp³-hybridized carbons (Fsp3) is 0.400. The highest BCUT2D eigenvalue weighted by molar-refractivity contribution is 5.80. The van der Waals surface area contributed by atoms with Crippen LogP contribution in [0.25, 0.3) is 11.0 Å². The van der Waals surface area contributed by atoms with Gasteiger partial charge in [-0.3, -0.25) is 4.79 Å². The van der Waals surface area contributed by atoms with Crippen LogP contribution in [0.1, 0.15) is 54.0 Å². The van der Waals surface area contributed by atoms with E-state index >= 15 is 0 Å². The van der Waals surface area contributed by atoms with Gasteiger partial charge in [-0.25, -0.2) is 4.68 Å². The Morgan fingerprint density at radius 3 is 2.97 bits per heavy atom. The maximum atomic E-state index is 12.5. The summed E-state index contributed by atoms with van der Waals surface area (Å²) in [5.41, 5.74) is 7.89. The summed E-state index contributed by atoms with van der Waals surface area (Å²) >= 11 is 0. The number of esters is 1. The lowest BCUT2D eigenvalue weighted by atomic mass is 9.83. The standard InChI is InChI=1S/C25H30N4O2/c1-4-6-13-29-23-10-9-21(17(3)25(23)27-28-29)22(15-24(30)31-5-2)19-8-7-18-11-12-26-16-20(18)14-19/h4,6-10,14,22,26H,5,11-13,15-16H2,1-3H3. The molecule has 6 heteroatoms. The monoisotopic (exact) mass is 418 g/mol. The molecule has 1 aromatic heterocycles. The zero-order valence-electron chi connectivity index (χ0n) is 18.5. The molecule has 0 radical (unpaired) electrons. The van der Waals surface area contributed by atoms with E-state index in [9.17, 15) is 4.79 Å². The van der Waals surface area contributed by atoms with Crippen LogP contribution in [0.4, 0.5) is 0 Å². The molecule has 31 heavy (non-hydrogen) atoms. The molecule has 0 amide bonds. The van der Waals surface area contributed by atoms with Gasteiger partial charge in [-0.05, 0) is 67.6 Å². The molecule has 1 N–H and O–H groups in total. The lowest BCUT2D eigenvalue weighted by molar-refractivity contribution is -0.143. The highest BCUT2D eigenvalue weighted by Crippen LogP contribution is 2.35. The molecule has 1 unspecified atom stereocenters. The fourth-order valence-electron chi connectivity index (χ4n) is 4.41. The summed E-state index contributed by atoms with van der Waals surface area (Å²) < 4.78 is 7.21. The van der Waals surface area contributed by atoms with Crippen molar-refractivity contribution < 1.29 is 9.53 Å². The van der Waals surface area contributed by atoms with Crippen LogP contribution in [-0.2, 0) is 29.0 Å². The SMILES string of the molecule is CC=CCn1nnc2c(C)c(C(CC(=O)OCC)c3ccc4c(c3)CNCC4)ccc21. The third kappa shape index (κ3) is 4.39. The second-order valence-electron chi connectivity index (χ2n) is 8.00. The Hall–Kier alpha value is -2.99. The Morgan fingerprint density at radius 2 is 2.16 bits per heavy atom. The lowest BCUT2D eigenvalue weighted by Gasteiger charge is -2.23. The maximum absolute atomic E-state index is 12.5. The minimum absolute atomic E-state index is 0.0867. The van der Waals surface area contributed by atoms with Crippen molar-refractivity contribution in [2.45, 2.75) is 52.6 Å². The van der Waals surface area contributed by atoms with Gasteiger partial charge >= 0.3 is 5.97 Å². The van der Waals surface area contributed by atoms with E-state index in [0.717, 1.165) is 47.2 Å². The second kappa shape index (κ2) is 9.43. The molecule has 162 valence electrons. The highest BCUT2D eigenvalue weighted by atomic mass is 16.5. The molecule has 2 heterocycles. The zero-order valence-corrected chi connectivity index (χ0v) is 18.5. The van der Waals surface area contributed by atoms with Gasteiger partial charge in [-0.15, -0.1) is 5.10 Å². The van der Waals surface area contributed by atoms with E-state index in [4.69, 9.17) is 4.74 Å². The van der Waals surface area contributed by atoms with Crippen LogP contribution in [0.15, 0.2) is 42.5 Å². The minimum atomic E-state index is -0.181. The highest BCUT2D eigenvalue weighted by Gasteiger charge is 2.24. The van der Waals surface area contributed by atoms with E-state index in [2.05, 4.69) is 59.0 Å². The van der Waals surface area contributed by atoms with E-state index in [1.54, 1.807) is 0 Å². The Labute approximate surface area is 183 Å². The average Bonchev–Trinajstić information content (AvgIpc) is 3.20. The number of carbonyl (C=O) groups excluding carboxylic acids is 1. The number of fused-ring (bicyclic) bond motifs is 2. The first kappa shape index (κ1) is 21.2. The van der Waals surface area contributed by atoms with Gasteiger partial charge in [-0.1, -0.05) is 41.6 Å². The van der Waals surface area contributed by atoms with Crippen LogP contribution in [0.2, 0.25) is 0 Å². The van der Waals surface area contributed by atoms with E-state index in [0.29, 0.717) is 19.6 Å². The predicted molar refractivity (Wildman–Crippen MR) is 122 cm³/mol. The number of aryl methyl sites for hydroxylation is 1. The molecule has 0 fully saturated rings. The molecule has 1 aliphatic heterocycles. The molecule has 4 rings (SSSR count). The number of ether oxygens (including phenoxy) is 1. The van der Waals surface area contributed by atoms with Gasteiger partial charge in [0.2, 0.25) is 0 Å². The molecule has 0 spiro atoms. The van der Waals surface area contributed by atoms with E-state index in [1.165, 1.54) is 11.1 Å². The predicted octanol–water partition coefficient (Wildman–Crippen LogP) is 4.05. The summed E-state index contributed by atoms with van der Waals surface area (Å²) in [5, 5.41) is 12.2. The Balaban J connectivity index is 1.77. The van der Waals surface area contributed by atoms with Crippen molar-refractivity contribution >= 4 is 17.0 Å². The number of hydrogen-bond acceptors (Lipinski definition) is 5. The molecule has 1 atom stereocenters. The third-order valence-electron chi connectivity index (χ3n) is 6.07. The Bertz CT molecular complexity index is 1120. The van der Waals surface area contributed by atoms with Crippen LogP contribution in [0.3, 0.4) is 0 Å². The van der Waals surface area contributed by atoms with Crippen LogP contribution in [0, 0.1) is 6.92 Å². The van der Waals surface area contributed by atoms with Crippen LogP contribution < -0.4 is 5.32 Å². The summed E-state index contributed by atoms with van der Waals surface area (Å²) in [4.78, 5) is 12.5. The number of hydrogen-bond donors (Lipinski definition) is 1. The summed E-state index contributed by atoms with van der Waals surface area (Å²) in [5.74, 6) is -0.268. The van der Waals surface area contributed by atoms with Crippen molar-refractivity contribution in [2.75, 3.05) is 13.2 Å². The van der Waals surface area contributed by atoms with Crippen LogP contribution in [0.5, 0.6) is 0 Å². The maximum Gasteiger partial charge on any atom is 0.306 e. The van der Waals surface area contributed by atoms with Crippen molar-refractivity contribution in [2.24, 2.45) is 0 Å². The first-order valence-electron chi connectivity index (χ1n) is 11.0. The lowest BCUT2D eigenvalue weighted by Crippen LogP contribution is -2.24. The minimum Gasteiger partial charge on any atom is -0.466 e. The fourth-order valence-corrected chi connectivity index (χ4v) is 4.41. The molecule has 6 nitrogen and oxygen atoms in total. The number of rotatable bonds is 7. The molecular formula is C25H30N4O2. The molecule has 1 aliphatic rings. The zero-order chi connectivity index (χ0) is 21.8. The molecule has 0 aliphatic carbocycles. The van der Waals surface area contributed by atoms with Gasteiger partial charge < -0.3 is 10.1 Å². The molecule has 0 bridgehead atoms. The summed E-state index contributed by atoms with van der Waals surface area (Å²) in [6, 6.07) is 10.8. The van der Waals surface area contributed by atoms with Gasteiger partial charge in [0.25, 0.3) is 0 Å². The first-order chi connectivity index (χ1) is 15.1. The topological polar surface area (TPSA) is 69.0 Å². The van der Waals surface area contributed by atoms with Gasteiger partial charge in [0.1, 0.15) is 5.52 Å². The van der Waals surface area contributed by atoms with Crippen molar-refractivity contribution in [3.8, 4) is 0 Å². The molecular weight excluding hydrogens is 388 g/mol. The average molecular weight is 419 g/mol. The number of nitrogens with zero attached hydrogens (tertiary/aromatic N) is 3. The van der Waals surface area contributed by atoms with Crippen LogP contribution >= 0.6 is 0 Å². The quantitative estimate of drug-likeness (QED) is 0.463. The Kier molecular flexibility index (Phi) is 6.47. The second-order valence-corrected chi connectivity index (χ2v) is 8.00. The third-order valence-corrected chi connectivity index (χ3v) is 6.07. The summed E-state index contributed by atoms with van der Waals surface area (Å²) in [7, 11) is 0. The number of aromatic nitrogens is 3. The summed E-state index contributed by atoms with van der Waals surface area (Å²) in [6.07, 6.45) is 5.41. The van der Waals surface area contributed by atoms with Gasteiger partial charge in [0.05, 0.1) is 25.1 Å². The number of nitrogens with one attached hydrogen (secondary N) is 1. The number of benzene rings is 2. The van der Waals surface area contributed by atoms with Gasteiger partial charge in [0.15, 0.2) is 0 Å². The first-order valence-corrected chi connectivity index (χ1v) is 11.0. The van der Waals surface area contributed by atoms with Gasteiger partial charge in [-0.2, -0.15) is 0 Å². The largest absolute Gasteiger partial charge is 0.466 e. The smallest absolute Gasteiger partial charge is 0.306 e. The molecule has 0 saturated carbocycles. The van der Waals surface area contributed by atoms with E-state index in [-0.39, 0.29) is 11.9 Å². The number of carbonyl (C=O) groups is 1. The van der Waals surface area contributed by atoms with Crippen molar-refractivity contribution in [3.63, 3.8) is 0 Å². The Morgan fingerprint density at radius 1 is 1.29 bits per heavy atom. The van der Waals surface area contributed by atoms with Crippen molar-refractivity contribution in [1.82, 2.24) is 20.3 Å². The van der Waals surface area contributed by atoms with E-state index < -0.39 is 0 Å². The molecule has 0 saturated heterocycles. The summed E-state index contributed by atoms with van der Waals surface area (Å²) in [6.45, 7) is 8.87. The molecule has 3 aromatic rings. The molecule has 2 aromatic carbocycles. The normalized spacial score (nSPS) is 14.7. The van der Waals surface area contributed by atoms with Crippen molar-refractivity contribution in [3.05, 3.63) is 70.3 Å². The number of allylic oxidation sites excluding steroid dienone is 2.